The van der Waals surface area contributed by atoms with Crippen LogP contribution < -0.4 is 16.4 Å². The van der Waals surface area contributed by atoms with E-state index in [1.165, 1.54) is 11.9 Å². The van der Waals surface area contributed by atoms with E-state index in [9.17, 15) is 9.59 Å². The third-order valence-electron chi connectivity index (χ3n) is 9.50. The topological polar surface area (TPSA) is 157 Å². The number of nitrogens with two attached hydrogens (primary N) is 2. The van der Waals surface area contributed by atoms with Gasteiger partial charge in [-0.05, 0) is 56.0 Å². The summed E-state index contributed by atoms with van der Waals surface area (Å²) in [6.07, 6.45) is 5.72. The lowest BCUT2D eigenvalue weighted by molar-refractivity contribution is -0.132. The Balaban J connectivity index is 1.05. The van der Waals surface area contributed by atoms with Gasteiger partial charge in [-0.15, -0.1) is 0 Å². The van der Waals surface area contributed by atoms with Crippen molar-refractivity contribution in [3.63, 3.8) is 0 Å². The molecule has 2 amide bonds. The van der Waals surface area contributed by atoms with Crippen LogP contribution in [0.25, 0.3) is 5.57 Å². The summed E-state index contributed by atoms with van der Waals surface area (Å²) in [4.78, 5) is 45.6. The molecule has 0 aliphatic carbocycles. The molecule has 11 heteroatoms. The van der Waals surface area contributed by atoms with E-state index in [4.69, 9.17) is 21.9 Å². The molecule has 3 aromatic rings. The molecule has 1 atom stereocenters. The molecule has 2 aromatic carbocycles. The summed E-state index contributed by atoms with van der Waals surface area (Å²) in [6.45, 7) is 5.29. The number of nitrogen functional groups attached to an aromatic ring is 1. The number of amidine groups is 1. The van der Waals surface area contributed by atoms with Crippen LogP contribution in [0, 0.1) is 17.7 Å². The van der Waals surface area contributed by atoms with Gasteiger partial charge in [0.1, 0.15) is 23.7 Å². The molecule has 242 valence electrons. The van der Waals surface area contributed by atoms with Crippen LogP contribution >= 0.6 is 0 Å². The summed E-state index contributed by atoms with van der Waals surface area (Å²) in [5.74, 6) is 1.03. The molecule has 47 heavy (non-hydrogen) atoms. The molecule has 1 spiro atoms. The number of aliphatic imine (C=N–C) groups is 2. The van der Waals surface area contributed by atoms with Crippen molar-refractivity contribution < 1.29 is 9.59 Å². The van der Waals surface area contributed by atoms with Gasteiger partial charge in [0.05, 0.1) is 23.4 Å². The van der Waals surface area contributed by atoms with Gasteiger partial charge in [-0.2, -0.15) is 0 Å². The average Bonchev–Trinajstić information content (AvgIpc) is 3.65. The number of amides is 2. The van der Waals surface area contributed by atoms with Crippen molar-refractivity contribution in [2.45, 2.75) is 26.2 Å². The molecular formula is C36H41N9O2. The van der Waals surface area contributed by atoms with E-state index in [2.05, 4.69) is 21.0 Å². The summed E-state index contributed by atoms with van der Waals surface area (Å²) in [5.41, 5.74) is 17.7. The summed E-state index contributed by atoms with van der Waals surface area (Å²) in [6, 6.07) is 19.1. The van der Waals surface area contributed by atoms with Crippen LogP contribution in [0.4, 0.5) is 11.5 Å². The zero-order valence-corrected chi connectivity index (χ0v) is 26.9. The number of nitrogens with one attached hydrogen (secondary N) is 1. The van der Waals surface area contributed by atoms with Crippen molar-refractivity contribution in [2.24, 2.45) is 21.1 Å². The lowest BCUT2D eigenvalue weighted by Gasteiger charge is -2.29. The summed E-state index contributed by atoms with van der Waals surface area (Å²) in [5, 5.41) is 8.73. The maximum atomic E-state index is 13.9. The van der Waals surface area contributed by atoms with Gasteiger partial charge in [0, 0.05) is 44.4 Å². The molecule has 3 aliphatic heterocycles. The first-order valence-electron chi connectivity index (χ1n) is 16.0. The van der Waals surface area contributed by atoms with Crippen LogP contribution in [0.5, 0.6) is 0 Å². The number of benzene rings is 2. The number of anilines is 2. The molecule has 0 unspecified atom stereocenters. The number of hydrogen-bond donors (Lipinski definition) is 3. The van der Waals surface area contributed by atoms with Crippen LogP contribution in [-0.4, -0.2) is 90.8 Å². The fraction of sp³-hybridized carbons (Fsp3) is 0.333. The molecule has 0 radical (unpaired) electrons. The largest absolute Gasteiger partial charge is 0.397 e. The van der Waals surface area contributed by atoms with E-state index in [1.807, 2.05) is 60.4 Å². The lowest BCUT2D eigenvalue weighted by atomic mass is 9.85. The third-order valence-corrected chi connectivity index (χ3v) is 9.50. The predicted octanol–water partition coefficient (Wildman–Crippen LogP) is 3.50. The Morgan fingerprint density at radius 3 is 2.45 bits per heavy atom. The van der Waals surface area contributed by atoms with Crippen molar-refractivity contribution in [2.75, 3.05) is 56.9 Å². The molecule has 0 bridgehead atoms. The van der Waals surface area contributed by atoms with Crippen LogP contribution in [0.15, 0.2) is 76.7 Å². The minimum absolute atomic E-state index is 0.0284. The maximum absolute atomic E-state index is 13.9. The normalized spacial score (nSPS) is 20.4. The number of aromatic nitrogens is 1. The smallest absolute Gasteiger partial charge is 0.237 e. The predicted molar refractivity (Wildman–Crippen MR) is 187 cm³/mol. The van der Waals surface area contributed by atoms with Gasteiger partial charge in [-0.1, -0.05) is 60.2 Å². The molecule has 1 aromatic heterocycles. The fourth-order valence-corrected chi connectivity index (χ4v) is 6.68. The molecule has 2 fully saturated rings. The second kappa shape index (κ2) is 13.3. The standard InChI is InChI=1S/C36H41N9O2/c1-24-3-5-27(6-4-24)32(38)33-29(37)11-12-30(42-33)45-20-16-36(35(45)47)15-19-43(22-36)21-31(46)44-17-13-26(14-18-44)25-7-9-28(10-8-25)34(39)41-23-40-2/h3-13,23,38H,14-22,37H2,1-2H3,(H2,39,40,41)/t36-/m0/s1. The summed E-state index contributed by atoms with van der Waals surface area (Å²) < 4.78 is 0. The highest BCUT2D eigenvalue weighted by Gasteiger charge is 2.51. The molecule has 4 heterocycles. The minimum Gasteiger partial charge on any atom is -0.397 e. The number of likely N-dealkylation sites (tertiary alicyclic amines) is 1. The van der Waals surface area contributed by atoms with Gasteiger partial charge >= 0.3 is 0 Å². The third kappa shape index (κ3) is 6.57. The zero-order valence-electron chi connectivity index (χ0n) is 26.9. The highest BCUT2D eigenvalue weighted by molar-refractivity contribution is 6.13. The second-order valence-corrected chi connectivity index (χ2v) is 12.6. The number of aryl methyl sites for hydroxylation is 1. The van der Waals surface area contributed by atoms with E-state index >= 15 is 0 Å². The highest BCUT2D eigenvalue weighted by atomic mass is 16.2. The average molecular weight is 632 g/mol. The maximum Gasteiger partial charge on any atom is 0.237 e. The van der Waals surface area contributed by atoms with Crippen molar-refractivity contribution in [1.82, 2.24) is 14.8 Å². The van der Waals surface area contributed by atoms with Gasteiger partial charge in [0.15, 0.2) is 0 Å². The number of carbonyl (C=O) groups is 2. The number of hydrogen-bond acceptors (Lipinski definition) is 7. The monoisotopic (exact) mass is 631 g/mol. The van der Waals surface area contributed by atoms with Crippen LogP contribution in [0.1, 0.15) is 47.2 Å². The number of rotatable bonds is 8. The Kier molecular flexibility index (Phi) is 8.99. The number of nitrogens with zero attached hydrogens (tertiary/aromatic N) is 6. The Labute approximate surface area is 275 Å². The van der Waals surface area contributed by atoms with Crippen LogP contribution in [0.3, 0.4) is 0 Å². The quantitative estimate of drug-likeness (QED) is 0.255. The Morgan fingerprint density at radius 2 is 1.74 bits per heavy atom. The first-order chi connectivity index (χ1) is 22.7. The number of pyridine rings is 1. The van der Waals surface area contributed by atoms with Crippen molar-refractivity contribution >= 4 is 46.8 Å². The van der Waals surface area contributed by atoms with Gasteiger partial charge in [0.25, 0.3) is 0 Å². The minimum atomic E-state index is -0.535. The van der Waals surface area contributed by atoms with Gasteiger partial charge in [0.2, 0.25) is 11.8 Å². The van der Waals surface area contributed by atoms with Crippen LogP contribution in [-0.2, 0) is 9.59 Å². The van der Waals surface area contributed by atoms with Gasteiger partial charge < -0.3 is 16.4 Å². The van der Waals surface area contributed by atoms with E-state index < -0.39 is 5.41 Å². The van der Waals surface area contributed by atoms with Crippen molar-refractivity contribution in [3.8, 4) is 0 Å². The number of carbonyl (C=O) groups excluding carboxylic acids is 2. The molecular weight excluding hydrogens is 590 g/mol. The van der Waals surface area contributed by atoms with E-state index in [-0.39, 0.29) is 17.5 Å². The lowest BCUT2D eigenvalue weighted by Crippen LogP contribution is -2.43. The molecule has 11 nitrogen and oxygen atoms in total. The molecule has 2 saturated heterocycles. The Bertz CT molecular complexity index is 1780. The highest BCUT2D eigenvalue weighted by Crippen LogP contribution is 2.42. The molecule has 0 saturated carbocycles. The van der Waals surface area contributed by atoms with Crippen molar-refractivity contribution in [1.29, 1.82) is 5.41 Å². The SMILES string of the molecule is CN=CN=C(N)c1ccc(C2=CCN(C(=O)CN3CC[C@]4(CCN(c5ccc(N)c(C(=N)c6ccc(C)cc6)n5)C4=O)C3)CC2)cc1. The summed E-state index contributed by atoms with van der Waals surface area (Å²) in [7, 11) is 1.65. The van der Waals surface area contributed by atoms with E-state index in [0.717, 1.165) is 28.7 Å². The molecule has 6 rings (SSSR count). The Morgan fingerprint density at radius 1 is 1.02 bits per heavy atom. The zero-order chi connectivity index (χ0) is 33.1. The van der Waals surface area contributed by atoms with E-state index in [0.29, 0.717) is 75.1 Å². The van der Waals surface area contributed by atoms with Gasteiger partial charge in [-0.25, -0.2) is 9.98 Å². The summed E-state index contributed by atoms with van der Waals surface area (Å²) >= 11 is 0. The Hall–Kier alpha value is -5.16. The first kappa shape index (κ1) is 31.8. The second-order valence-electron chi connectivity index (χ2n) is 12.6. The van der Waals surface area contributed by atoms with Crippen LogP contribution in [0.2, 0.25) is 0 Å². The van der Waals surface area contributed by atoms with Crippen molar-refractivity contribution in [3.05, 3.63) is 94.7 Å². The molecule has 5 N–H and O–H groups in total. The molecule has 3 aliphatic rings. The fourth-order valence-electron chi connectivity index (χ4n) is 6.68. The first-order valence-corrected chi connectivity index (χ1v) is 16.0. The van der Waals surface area contributed by atoms with E-state index in [1.54, 1.807) is 24.1 Å². The van der Waals surface area contributed by atoms with Gasteiger partial charge in [-0.3, -0.25) is 29.8 Å².